The van der Waals surface area contributed by atoms with E-state index in [4.69, 9.17) is 20.8 Å². The molecule has 0 unspecified atom stereocenters. The lowest BCUT2D eigenvalue weighted by atomic mass is 10.4. The number of aliphatic hydroxyl groups is 1. The second kappa shape index (κ2) is 4.97. The Morgan fingerprint density at radius 2 is 2.29 bits per heavy atom. The van der Waals surface area contributed by atoms with Crippen LogP contribution in [0.1, 0.15) is 5.69 Å². The van der Waals surface area contributed by atoms with Crippen molar-refractivity contribution in [2.75, 3.05) is 13.2 Å². The number of nitrogens with zero attached hydrogens (tertiary/aromatic N) is 3. The molecule has 0 saturated heterocycles. The van der Waals surface area contributed by atoms with Gasteiger partial charge in [0, 0.05) is 0 Å². The fourth-order valence-electron chi connectivity index (χ4n) is 0.724. The summed E-state index contributed by atoms with van der Waals surface area (Å²) in [4.78, 5) is 7.63. The fraction of sp³-hybridized carbons (Fsp3) is 0.286. The molecular formula is C7H10N4O3. The van der Waals surface area contributed by atoms with E-state index in [0.717, 1.165) is 0 Å². The van der Waals surface area contributed by atoms with E-state index in [-0.39, 0.29) is 30.6 Å². The van der Waals surface area contributed by atoms with E-state index in [1.165, 1.54) is 12.4 Å². The van der Waals surface area contributed by atoms with Crippen LogP contribution in [0.15, 0.2) is 17.5 Å². The van der Waals surface area contributed by atoms with E-state index >= 15 is 0 Å². The van der Waals surface area contributed by atoms with Gasteiger partial charge in [-0.15, -0.1) is 0 Å². The zero-order valence-electron chi connectivity index (χ0n) is 7.29. The van der Waals surface area contributed by atoms with Crippen LogP contribution in [-0.4, -0.2) is 39.3 Å². The summed E-state index contributed by atoms with van der Waals surface area (Å²) < 4.78 is 4.96. The molecule has 76 valence electrons. The van der Waals surface area contributed by atoms with E-state index in [2.05, 4.69) is 15.1 Å². The molecule has 4 N–H and O–H groups in total. The molecule has 1 aromatic rings. The molecule has 7 heteroatoms. The zero-order chi connectivity index (χ0) is 10.4. The molecule has 0 aromatic carbocycles. The number of ether oxygens (including phenoxy) is 1. The maximum absolute atomic E-state index is 8.46. The molecule has 0 bridgehead atoms. The van der Waals surface area contributed by atoms with Gasteiger partial charge in [-0.3, -0.25) is 0 Å². The number of hydrogen-bond donors (Lipinski definition) is 3. The first kappa shape index (κ1) is 10.2. The number of aromatic nitrogens is 2. The lowest BCUT2D eigenvalue weighted by Gasteiger charge is -2.02. The van der Waals surface area contributed by atoms with Gasteiger partial charge in [0.1, 0.15) is 12.3 Å². The summed E-state index contributed by atoms with van der Waals surface area (Å²) in [6, 6.07) is 0. The van der Waals surface area contributed by atoms with Crippen LogP contribution in [0, 0.1) is 0 Å². The number of amidine groups is 1. The van der Waals surface area contributed by atoms with Crippen molar-refractivity contribution in [2.24, 2.45) is 10.9 Å². The van der Waals surface area contributed by atoms with Crippen molar-refractivity contribution < 1.29 is 15.1 Å². The molecule has 0 spiro atoms. The second-order valence-electron chi connectivity index (χ2n) is 2.30. The normalized spacial score (nSPS) is 11.4. The van der Waals surface area contributed by atoms with Crippen LogP contribution in [-0.2, 0) is 0 Å². The van der Waals surface area contributed by atoms with Crippen LogP contribution in [0.4, 0.5) is 0 Å². The van der Waals surface area contributed by atoms with Crippen molar-refractivity contribution in [2.45, 2.75) is 0 Å². The Hall–Kier alpha value is -1.89. The molecule has 0 radical (unpaired) electrons. The quantitative estimate of drug-likeness (QED) is 0.246. The van der Waals surface area contributed by atoms with Gasteiger partial charge in [-0.1, -0.05) is 5.16 Å². The highest BCUT2D eigenvalue weighted by Gasteiger charge is 2.02. The minimum Gasteiger partial charge on any atom is -0.474 e. The third kappa shape index (κ3) is 2.56. The van der Waals surface area contributed by atoms with Crippen molar-refractivity contribution in [1.82, 2.24) is 9.97 Å². The second-order valence-corrected chi connectivity index (χ2v) is 2.30. The highest BCUT2D eigenvalue weighted by Crippen LogP contribution is 2.03. The Bertz CT molecular complexity index is 311. The van der Waals surface area contributed by atoms with Crippen molar-refractivity contribution >= 4 is 5.84 Å². The molecule has 0 fully saturated rings. The molecule has 7 nitrogen and oxygen atoms in total. The van der Waals surface area contributed by atoms with Crippen LogP contribution < -0.4 is 10.5 Å². The molecule has 0 aliphatic rings. The van der Waals surface area contributed by atoms with Gasteiger partial charge in [-0.25, -0.2) is 9.97 Å². The number of hydrogen-bond acceptors (Lipinski definition) is 6. The van der Waals surface area contributed by atoms with E-state index in [0.29, 0.717) is 0 Å². The van der Waals surface area contributed by atoms with Crippen LogP contribution in [0.5, 0.6) is 5.88 Å². The van der Waals surface area contributed by atoms with Crippen LogP contribution in [0.3, 0.4) is 0 Å². The molecule has 1 aromatic heterocycles. The Morgan fingerprint density at radius 1 is 1.50 bits per heavy atom. The van der Waals surface area contributed by atoms with Crippen molar-refractivity contribution in [3.05, 3.63) is 18.1 Å². The smallest absolute Gasteiger partial charge is 0.232 e. The summed E-state index contributed by atoms with van der Waals surface area (Å²) in [5.41, 5.74) is 5.51. The van der Waals surface area contributed by atoms with Crippen molar-refractivity contribution in [1.29, 1.82) is 0 Å². The molecule has 1 rings (SSSR count). The van der Waals surface area contributed by atoms with Crippen LogP contribution in [0.2, 0.25) is 0 Å². The Balaban J connectivity index is 2.68. The van der Waals surface area contributed by atoms with Gasteiger partial charge in [0.05, 0.1) is 19.0 Å². The van der Waals surface area contributed by atoms with E-state index < -0.39 is 0 Å². The monoisotopic (exact) mass is 198 g/mol. The molecule has 1 heterocycles. The minimum absolute atomic E-state index is 0.0936. The predicted molar refractivity (Wildman–Crippen MR) is 47.1 cm³/mol. The summed E-state index contributed by atoms with van der Waals surface area (Å²) >= 11 is 0. The van der Waals surface area contributed by atoms with Crippen LogP contribution >= 0.6 is 0 Å². The lowest BCUT2D eigenvalue weighted by Crippen LogP contribution is -2.15. The first-order valence-corrected chi connectivity index (χ1v) is 3.81. The molecule has 14 heavy (non-hydrogen) atoms. The van der Waals surface area contributed by atoms with Gasteiger partial charge < -0.3 is 20.8 Å². The Labute approximate surface area is 79.9 Å². The highest BCUT2D eigenvalue weighted by molar-refractivity contribution is 5.94. The first-order chi connectivity index (χ1) is 6.77. The molecule has 0 atom stereocenters. The van der Waals surface area contributed by atoms with Gasteiger partial charge in [0.15, 0.2) is 5.84 Å². The standard InChI is InChI=1S/C7H10N4O3/c8-7(11-13)5-3-10-6(4-9-5)14-2-1-12/h3-4,12-13H,1-2H2,(H2,8,11). The number of oxime groups is 1. The summed E-state index contributed by atoms with van der Waals surface area (Å²) in [6.45, 7) is 0.0568. The fourth-order valence-corrected chi connectivity index (χ4v) is 0.724. The first-order valence-electron chi connectivity index (χ1n) is 3.81. The van der Waals surface area contributed by atoms with Crippen molar-refractivity contribution in [3.8, 4) is 5.88 Å². The molecule has 0 aliphatic heterocycles. The van der Waals surface area contributed by atoms with Crippen molar-refractivity contribution in [3.63, 3.8) is 0 Å². The van der Waals surface area contributed by atoms with Gasteiger partial charge in [-0.05, 0) is 0 Å². The average molecular weight is 198 g/mol. The molecule has 0 amide bonds. The number of rotatable bonds is 4. The molecule has 0 aliphatic carbocycles. The lowest BCUT2D eigenvalue weighted by molar-refractivity contribution is 0.196. The summed E-state index contributed by atoms with van der Waals surface area (Å²) in [5.74, 6) is 0.153. The Kier molecular flexibility index (Phi) is 3.62. The topological polar surface area (TPSA) is 114 Å². The van der Waals surface area contributed by atoms with E-state index in [9.17, 15) is 0 Å². The maximum Gasteiger partial charge on any atom is 0.232 e. The third-order valence-electron chi connectivity index (χ3n) is 1.34. The zero-order valence-corrected chi connectivity index (χ0v) is 7.29. The van der Waals surface area contributed by atoms with Crippen LogP contribution in [0.25, 0.3) is 0 Å². The van der Waals surface area contributed by atoms with E-state index in [1.807, 2.05) is 0 Å². The summed E-state index contributed by atoms with van der Waals surface area (Å²) in [5, 5.41) is 19.6. The Morgan fingerprint density at radius 3 is 2.79 bits per heavy atom. The summed E-state index contributed by atoms with van der Waals surface area (Å²) in [6.07, 6.45) is 2.63. The maximum atomic E-state index is 8.46. The van der Waals surface area contributed by atoms with Gasteiger partial charge in [0.2, 0.25) is 5.88 Å². The molecular weight excluding hydrogens is 188 g/mol. The SMILES string of the molecule is NC(=NO)c1cnc(OCCO)cn1. The predicted octanol–water partition coefficient (Wildman–Crippen LogP) is -1.06. The summed E-state index contributed by atoms with van der Waals surface area (Å²) in [7, 11) is 0. The highest BCUT2D eigenvalue weighted by atomic mass is 16.5. The van der Waals surface area contributed by atoms with Gasteiger partial charge in [0.25, 0.3) is 0 Å². The van der Waals surface area contributed by atoms with Gasteiger partial charge >= 0.3 is 0 Å². The van der Waals surface area contributed by atoms with Gasteiger partial charge in [-0.2, -0.15) is 0 Å². The number of nitrogens with two attached hydrogens (primary N) is 1. The third-order valence-corrected chi connectivity index (χ3v) is 1.34. The largest absolute Gasteiger partial charge is 0.474 e. The average Bonchev–Trinajstić information content (AvgIpc) is 2.26. The molecule has 0 saturated carbocycles. The van der Waals surface area contributed by atoms with E-state index in [1.54, 1.807) is 0 Å². The number of aliphatic hydroxyl groups excluding tert-OH is 1. The minimum atomic E-state index is -0.119.